The highest BCUT2D eigenvalue weighted by Crippen LogP contribution is 2.27. The zero-order valence-electron chi connectivity index (χ0n) is 23.3. The molecule has 0 aliphatic heterocycles. The summed E-state index contributed by atoms with van der Waals surface area (Å²) in [6.45, 7) is 5.86. The Bertz CT molecular complexity index is 1780. The van der Waals surface area contributed by atoms with Gasteiger partial charge in [-0.25, -0.2) is 14.6 Å². The predicted octanol–water partition coefficient (Wildman–Crippen LogP) is 6.91. The van der Waals surface area contributed by atoms with Crippen molar-refractivity contribution in [3.8, 4) is 5.69 Å². The lowest BCUT2D eigenvalue weighted by Gasteiger charge is -2.30. The molecule has 0 aliphatic carbocycles. The third-order valence-corrected chi connectivity index (χ3v) is 7.04. The van der Waals surface area contributed by atoms with Crippen molar-refractivity contribution in [2.45, 2.75) is 33.4 Å². The van der Waals surface area contributed by atoms with Gasteiger partial charge in [0.25, 0.3) is 5.56 Å². The maximum absolute atomic E-state index is 13.9. The molecule has 5 rings (SSSR count). The van der Waals surface area contributed by atoms with Crippen LogP contribution >= 0.6 is 11.6 Å². The van der Waals surface area contributed by atoms with Crippen LogP contribution in [0.1, 0.15) is 47.4 Å². The third-order valence-electron chi connectivity index (χ3n) is 6.81. The monoisotopic (exact) mass is 584 g/mol. The molecule has 2 amide bonds. The molecule has 0 radical (unpaired) electrons. The number of hydrogen-bond donors (Lipinski definition) is 1. The number of rotatable bonds is 8. The van der Waals surface area contributed by atoms with E-state index < -0.39 is 18.0 Å². The van der Waals surface area contributed by atoms with E-state index >= 15 is 0 Å². The van der Waals surface area contributed by atoms with Crippen molar-refractivity contribution < 1.29 is 18.7 Å². The highest BCUT2D eigenvalue weighted by molar-refractivity contribution is 6.31. The number of nitrogens with one attached hydrogen (secondary N) is 1. The molecule has 10 heteroatoms. The zero-order valence-corrected chi connectivity index (χ0v) is 24.1. The Balaban J connectivity index is 1.57. The molecule has 5 aromatic rings. The first kappa shape index (κ1) is 28.6. The Morgan fingerprint density at radius 3 is 2.48 bits per heavy atom. The van der Waals surface area contributed by atoms with Crippen molar-refractivity contribution in [2.75, 3.05) is 11.9 Å². The number of urea groups is 1. The number of hydrogen-bond acceptors (Lipinski definition) is 6. The Kier molecular flexibility index (Phi) is 8.40. The predicted molar refractivity (Wildman–Crippen MR) is 161 cm³/mol. The van der Waals surface area contributed by atoms with Gasteiger partial charge in [-0.05, 0) is 87.5 Å². The van der Waals surface area contributed by atoms with Crippen molar-refractivity contribution in [3.05, 3.63) is 123 Å². The molecule has 42 heavy (non-hydrogen) atoms. The van der Waals surface area contributed by atoms with Crippen molar-refractivity contribution in [1.29, 1.82) is 0 Å². The lowest BCUT2D eigenvalue weighted by Crippen LogP contribution is -2.39. The van der Waals surface area contributed by atoms with Gasteiger partial charge >= 0.3 is 12.0 Å². The molecule has 0 bridgehead atoms. The van der Waals surface area contributed by atoms with Gasteiger partial charge < -0.3 is 19.4 Å². The fourth-order valence-electron chi connectivity index (χ4n) is 4.59. The lowest BCUT2D eigenvalue weighted by atomic mass is 10.1. The Labute approximate surface area is 247 Å². The molecule has 214 valence electrons. The number of amides is 2. The quantitative estimate of drug-likeness (QED) is 0.199. The summed E-state index contributed by atoms with van der Waals surface area (Å²) in [5.41, 5.74) is 2.64. The van der Waals surface area contributed by atoms with E-state index in [1.807, 2.05) is 31.2 Å². The molecule has 1 N–H and O–H groups in total. The van der Waals surface area contributed by atoms with E-state index in [1.165, 1.54) is 15.7 Å². The fraction of sp³-hybridized carbons (Fsp3) is 0.188. The molecular formula is C32H29ClN4O5. The minimum absolute atomic E-state index is 0.0955. The zero-order chi connectivity index (χ0) is 29.8. The first-order chi connectivity index (χ1) is 20.2. The molecule has 0 spiro atoms. The van der Waals surface area contributed by atoms with Crippen LogP contribution in [0.4, 0.5) is 10.5 Å². The van der Waals surface area contributed by atoms with E-state index in [0.717, 1.165) is 5.56 Å². The molecule has 0 aliphatic rings. The molecule has 0 saturated heterocycles. The normalized spacial score (nSPS) is 11.7. The Morgan fingerprint density at radius 1 is 1.07 bits per heavy atom. The van der Waals surface area contributed by atoms with Crippen molar-refractivity contribution in [2.24, 2.45) is 0 Å². The van der Waals surface area contributed by atoms with E-state index in [9.17, 15) is 14.4 Å². The molecular weight excluding hydrogens is 556 g/mol. The maximum atomic E-state index is 13.9. The maximum Gasteiger partial charge on any atom is 0.338 e. The average Bonchev–Trinajstić information content (AvgIpc) is 3.50. The minimum Gasteiger partial charge on any atom is -0.467 e. The lowest BCUT2D eigenvalue weighted by molar-refractivity contribution is 0.0526. The van der Waals surface area contributed by atoms with Crippen LogP contribution in [0, 0.1) is 6.92 Å². The summed E-state index contributed by atoms with van der Waals surface area (Å²) in [5, 5.41) is 3.73. The first-order valence-corrected chi connectivity index (χ1v) is 13.8. The highest BCUT2D eigenvalue weighted by Gasteiger charge is 2.28. The standard InChI is InChI=1S/C32H29ClN4O5/c1-4-41-31(39)22-9-12-24(13-10-22)34-32(40)36(19-26-6-5-17-42-26)21(3)29-35-28-18-23(33)11-16-27(28)30(38)37(29)25-14-7-20(2)8-15-25/h5-18,21H,4,19H2,1-3H3,(H,34,40). The Morgan fingerprint density at radius 2 is 1.81 bits per heavy atom. The van der Waals surface area contributed by atoms with E-state index in [1.54, 1.807) is 68.4 Å². The van der Waals surface area contributed by atoms with Gasteiger partial charge in [0.15, 0.2) is 0 Å². The summed E-state index contributed by atoms with van der Waals surface area (Å²) in [4.78, 5) is 46.1. The van der Waals surface area contributed by atoms with Crippen molar-refractivity contribution in [1.82, 2.24) is 14.5 Å². The number of aryl methyl sites for hydroxylation is 1. The largest absolute Gasteiger partial charge is 0.467 e. The highest BCUT2D eigenvalue weighted by atomic mass is 35.5. The van der Waals surface area contributed by atoms with Crippen LogP contribution in [0.15, 0.2) is 94.3 Å². The number of esters is 1. The van der Waals surface area contributed by atoms with Crippen LogP contribution < -0.4 is 10.9 Å². The van der Waals surface area contributed by atoms with Crippen molar-refractivity contribution in [3.63, 3.8) is 0 Å². The summed E-state index contributed by atoms with van der Waals surface area (Å²) in [7, 11) is 0. The molecule has 3 aromatic carbocycles. The van der Waals surface area contributed by atoms with Crippen LogP contribution in [0.5, 0.6) is 0 Å². The SMILES string of the molecule is CCOC(=O)c1ccc(NC(=O)N(Cc2ccco2)C(C)c2nc3cc(Cl)ccc3c(=O)n2-c2ccc(C)cc2)cc1. The number of halogens is 1. The number of anilines is 1. The summed E-state index contributed by atoms with van der Waals surface area (Å²) in [5.74, 6) is 0.445. The van der Waals surface area contributed by atoms with Gasteiger partial charge in [-0.2, -0.15) is 0 Å². The molecule has 1 atom stereocenters. The molecule has 0 saturated carbocycles. The number of nitrogens with zero attached hydrogens (tertiary/aromatic N) is 3. The molecule has 9 nitrogen and oxygen atoms in total. The van der Waals surface area contributed by atoms with Crippen LogP contribution in [0.2, 0.25) is 5.02 Å². The summed E-state index contributed by atoms with van der Waals surface area (Å²) in [6.07, 6.45) is 1.53. The molecule has 2 aromatic heterocycles. The smallest absolute Gasteiger partial charge is 0.338 e. The van der Waals surface area contributed by atoms with Gasteiger partial charge in [-0.15, -0.1) is 0 Å². The number of carbonyl (C=O) groups is 2. The number of carbonyl (C=O) groups excluding carboxylic acids is 2. The number of fused-ring (bicyclic) bond motifs is 1. The van der Waals surface area contributed by atoms with Gasteiger partial charge in [0.1, 0.15) is 11.6 Å². The van der Waals surface area contributed by atoms with Crippen LogP contribution in [-0.2, 0) is 11.3 Å². The van der Waals surface area contributed by atoms with Crippen LogP contribution in [0.25, 0.3) is 16.6 Å². The Hall–Kier alpha value is -4.89. The van der Waals surface area contributed by atoms with Gasteiger partial charge in [0.05, 0.1) is 47.6 Å². The average molecular weight is 585 g/mol. The fourth-order valence-corrected chi connectivity index (χ4v) is 4.76. The van der Waals surface area contributed by atoms with E-state index in [-0.39, 0.29) is 18.7 Å². The first-order valence-electron chi connectivity index (χ1n) is 13.4. The topological polar surface area (TPSA) is 107 Å². The van der Waals surface area contributed by atoms with E-state index in [0.29, 0.717) is 44.4 Å². The number of aromatic nitrogens is 2. The summed E-state index contributed by atoms with van der Waals surface area (Å²) < 4.78 is 12.1. The molecule has 1 unspecified atom stereocenters. The van der Waals surface area contributed by atoms with E-state index in [4.69, 9.17) is 25.7 Å². The number of ether oxygens (including phenoxy) is 1. The summed E-state index contributed by atoms with van der Waals surface area (Å²) in [6, 6.07) is 21.2. The van der Waals surface area contributed by atoms with E-state index in [2.05, 4.69) is 5.32 Å². The number of benzene rings is 3. The molecule has 2 heterocycles. The second-order valence-corrected chi connectivity index (χ2v) is 10.2. The second-order valence-electron chi connectivity index (χ2n) is 9.72. The van der Waals surface area contributed by atoms with Crippen LogP contribution in [-0.4, -0.2) is 33.1 Å². The van der Waals surface area contributed by atoms with Crippen molar-refractivity contribution >= 4 is 40.2 Å². The van der Waals surface area contributed by atoms with Gasteiger partial charge in [-0.1, -0.05) is 29.3 Å². The summed E-state index contributed by atoms with van der Waals surface area (Å²) >= 11 is 6.26. The second kappa shape index (κ2) is 12.3. The third kappa shape index (κ3) is 6.06. The number of furan rings is 1. The minimum atomic E-state index is -0.703. The molecule has 0 fully saturated rings. The van der Waals surface area contributed by atoms with Gasteiger partial charge in [0.2, 0.25) is 0 Å². The van der Waals surface area contributed by atoms with Gasteiger partial charge in [0, 0.05) is 10.7 Å². The van der Waals surface area contributed by atoms with Gasteiger partial charge in [-0.3, -0.25) is 9.36 Å². The van der Waals surface area contributed by atoms with Crippen LogP contribution in [0.3, 0.4) is 0 Å².